The smallest absolute Gasteiger partial charge is 0.234 e. The standard InChI is InChI=1S/C19H18FN3OS/c1-13-4-3-5-17(14(13)2)23-11-10-21-19(23)25-12-18(24)22-16-8-6-15(20)7-9-16/h3-11H,12H2,1-2H3,(H,22,24). The highest BCUT2D eigenvalue weighted by Gasteiger charge is 2.11. The van der Waals surface area contributed by atoms with Crippen LogP contribution in [0.15, 0.2) is 60.0 Å². The monoisotopic (exact) mass is 355 g/mol. The Morgan fingerprint density at radius 3 is 2.72 bits per heavy atom. The number of rotatable bonds is 5. The summed E-state index contributed by atoms with van der Waals surface area (Å²) in [5.41, 5.74) is 4.01. The molecule has 0 aliphatic heterocycles. The van der Waals surface area contributed by atoms with E-state index >= 15 is 0 Å². The van der Waals surface area contributed by atoms with Gasteiger partial charge in [0.25, 0.3) is 0 Å². The minimum atomic E-state index is -0.331. The summed E-state index contributed by atoms with van der Waals surface area (Å²) >= 11 is 1.36. The van der Waals surface area contributed by atoms with Gasteiger partial charge < -0.3 is 5.32 Å². The molecule has 6 heteroatoms. The van der Waals surface area contributed by atoms with Gasteiger partial charge in [0.1, 0.15) is 5.82 Å². The number of aryl methyl sites for hydroxylation is 1. The lowest BCUT2D eigenvalue weighted by atomic mass is 10.1. The molecule has 0 bridgehead atoms. The molecule has 128 valence electrons. The van der Waals surface area contributed by atoms with Gasteiger partial charge in [-0.05, 0) is 55.3 Å². The van der Waals surface area contributed by atoms with Crippen molar-refractivity contribution >= 4 is 23.4 Å². The third-order valence-electron chi connectivity index (χ3n) is 3.90. The maximum atomic E-state index is 12.9. The average Bonchev–Trinajstić information content (AvgIpc) is 3.06. The topological polar surface area (TPSA) is 46.9 Å². The SMILES string of the molecule is Cc1cccc(-n2ccnc2SCC(=O)Nc2ccc(F)cc2)c1C. The summed E-state index contributed by atoms with van der Waals surface area (Å²) in [6.45, 7) is 4.14. The molecule has 0 aliphatic carbocycles. The molecule has 0 saturated heterocycles. The minimum absolute atomic E-state index is 0.160. The highest BCUT2D eigenvalue weighted by Crippen LogP contribution is 2.24. The Morgan fingerprint density at radius 2 is 1.96 bits per heavy atom. The fourth-order valence-corrected chi connectivity index (χ4v) is 3.20. The number of anilines is 1. The molecule has 1 heterocycles. The first-order valence-corrected chi connectivity index (χ1v) is 8.81. The number of nitrogens with zero attached hydrogens (tertiary/aromatic N) is 2. The molecule has 0 radical (unpaired) electrons. The van der Waals surface area contributed by atoms with Crippen molar-refractivity contribution in [3.05, 3.63) is 71.8 Å². The van der Waals surface area contributed by atoms with E-state index in [0.717, 1.165) is 10.8 Å². The highest BCUT2D eigenvalue weighted by molar-refractivity contribution is 7.99. The van der Waals surface area contributed by atoms with Gasteiger partial charge in [0.05, 0.1) is 11.4 Å². The Hall–Kier alpha value is -2.60. The molecule has 0 fully saturated rings. The normalized spacial score (nSPS) is 10.7. The number of nitrogens with one attached hydrogen (secondary N) is 1. The van der Waals surface area contributed by atoms with Crippen LogP contribution in [-0.2, 0) is 4.79 Å². The van der Waals surface area contributed by atoms with Crippen LogP contribution in [0.1, 0.15) is 11.1 Å². The quantitative estimate of drug-likeness (QED) is 0.692. The van der Waals surface area contributed by atoms with E-state index in [1.165, 1.54) is 47.2 Å². The van der Waals surface area contributed by atoms with Crippen LogP contribution in [0.25, 0.3) is 5.69 Å². The number of thioether (sulfide) groups is 1. The first-order valence-electron chi connectivity index (χ1n) is 7.83. The van der Waals surface area contributed by atoms with E-state index in [9.17, 15) is 9.18 Å². The second-order valence-electron chi connectivity index (χ2n) is 5.64. The first-order chi connectivity index (χ1) is 12.0. The fraction of sp³-hybridized carbons (Fsp3) is 0.158. The van der Waals surface area contributed by atoms with Crippen LogP contribution in [0, 0.1) is 19.7 Å². The Morgan fingerprint density at radius 1 is 1.20 bits per heavy atom. The molecule has 0 aliphatic rings. The van der Waals surface area contributed by atoms with Crippen LogP contribution in [0.2, 0.25) is 0 Å². The highest BCUT2D eigenvalue weighted by atomic mass is 32.2. The lowest BCUT2D eigenvalue weighted by Gasteiger charge is -2.12. The Bertz CT molecular complexity index is 890. The summed E-state index contributed by atoms with van der Waals surface area (Å²) in [6, 6.07) is 11.8. The van der Waals surface area contributed by atoms with Crippen molar-refractivity contribution in [2.75, 3.05) is 11.1 Å². The molecule has 3 aromatic rings. The largest absolute Gasteiger partial charge is 0.325 e. The van der Waals surface area contributed by atoms with E-state index in [1.807, 2.05) is 22.9 Å². The Kier molecular flexibility index (Phi) is 5.19. The van der Waals surface area contributed by atoms with E-state index in [0.29, 0.717) is 5.69 Å². The lowest BCUT2D eigenvalue weighted by Crippen LogP contribution is -2.14. The zero-order valence-corrected chi connectivity index (χ0v) is 14.8. The van der Waals surface area contributed by atoms with Gasteiger partial charge in [-0.3, -0.25) is 9.36 Å². The fourth-order valence-electron chi connectivity index (χ4n) is 2.44. The van der Waals surface area contributed by atoms with Crippen molar-refractivity contribution < 1.29 is 9.18 Å². The van der Waals surface area contributed by atoms with Gasteiger partial charge in [0.15, 0.2) is 5.16 Å². The van der Waals surface area contributed by atoms with Crippen LogP contribution in [0.5, 0.6) is 0 Å². The number of benzene rings is 2. The third kappa shape index (κ3) is 4.09. The number of imidazole rings is 1. The predicted molar refractivity (Wildman–Crippen MR) is 98.8 cm³/mol. The molecule has 1 N–H and O–H groups in total. The number of aromatic nitrogens is 2. The molecule has 1 amide bonds. The van der Waals surface area contributed by atoms with Crippen molar-refractivity contribution in [3.63, 3.8) is 0 Å². The number of amides is 1. The molecule has 4 nitrogen and oxygen atoms in total. The number of hydrogen-bond donors (Lipinski definition) is 1. The molecular weight excluding hydrogens is 337 g/mol. The molecule has 25 heavy (non-hydrogen) atoms. The molecule has 1 aromatic heterocycles. The minimum Gasteiger partial charge on any atom is -0.325 e. The van der Waals surface area contributed by atoms with Gasteiger partial charge in [0, 0.05) is 18.1 Å². The second-order valence-corrected chi connectivity index (χ2v) is 6.59. The van der Waals surface area contributed by atoms with E-state index in [4.69, 9.17) is 0 Å². The summed E-state index contributed by atoms with van der Waals surface area (Å²) < 4.78 is 14.9. The van der Waals surface area contributed by atoms with Gasteiger partial charge in [-0.1, -0.05) is 23.9 Å². The molecule has 0 atom stereocenters. The van der Waals surface area contributed by atoms with E-state index in [1.54, 1.807) is 6.20 Å². The van der Waals surface area contributed by atoms with Crippen LogP contribution in [-0.4, -0.2) is 21.2 Å². The molecular formula is C19H18FN3OS. The van der Waals surface area contributed by atoms with E-state index in [2.05, 4.69) is 30.2 Å². The Balaban J connectivity index is 1.68. The number of carbonyl (C=O) groups excluding carboxylic acids is 1. The summed E-state index contributed by atoms with van der Waals surface area (Å²) in [6.07, 6.45) is 3.62. The molecule has 0 spiro atoms. The van der Waals surface area contributed by atoms with Crippen LogP contribution in [0.3, 0.4) is 0 Å². The van der Waals surface area contributed by atoms with Crippen molar-refractivity contribution in [3.8, 4) is 5.69 Å². The predicted octanol–water partition coefficient (Wildman–Crippen LogP) is 4.36. The number of halogens is 1. The van der Waals surface area contributed by atoms with Gasteiger partial charge in [-0.15, -0.1) is 0 Å². The van der Waals surface area contributed by atoms with E-state index in [-0.39, 0.29) is 17.5 Å². The summed E-state index contributed by atoms with van der Waals surface area (Å²) in [7, 11) is 0. The third-order valence-corrected chi connectivity index (χ3v) is 4.87. The van der Waals surface area contributed by atoms with Crippen molar-refractivity contribution in [2.45, 2.75) is 19.0 Å². The van der Waals surface area contributed by atoms with Gasteiger partial charge in [-0.25, -0.2) is 9.37 Å². The molecule has 0 saturated carbocycles. The summed E-state index contributed by atoms with van der Waals surface area (Å²) in [5, 5.41) is 3.50. The summed E-state index contributed by atoms with van der Waals surface area (Å²) in [5.74, 6) is -0.269. The van der Waals surface area contributed by atoms with E-state index < -0.39 is 0 Å². The lowest BCUT2D eigenvalue weighted by molar-refractivity contribution is -0.113. The second kappa shape index (κ2) is 7.53. The van der Waals surface area contributed by atoms with Crippen LogP contribution >= 0.6 is 11.8 Å². The maximum absolute atomic E-state index is 12.9. The summed E-state index contributed by atoms with van der Waals surface area (Å²) in [4.78, 5) is 16.4. The molecule has 0 unspecified atom stereocenters. The van der Waals surface area contributed by atoms with Crippen molar-refractivity contribution in [2.24, 2.45) is 0 Å². The number of hydrogen-bond acceptors (Lipinski definition) is 3. The Labute approximate surface area is 150 Å². The number of carbonyl (C=O) groups is 1. The van der Waals surface area contributed by atoms with Gasteiger partial charge >= 0.3 is 0 Å². The average molecular weight is 355 g/mol. The maximum Gasteiger partial charge on any atom is 0.234 e. The zero-order chi connectivity index (χ0) is 17.8. The van der Waals surface area contributed by atoms with Gasteiger partial charge in [-0.2, -0.15) is 0 Å². The van der Waals surface area contributed by atoms with Crippen molar-refractivity contribution in [1.82, 2.24) is 9.55 Å². The first kappa shape index (κ1) is 17.2. The molecule has 3 rings (SSSR count). The van der Waals surface area contributed by atoms with Crippen molar-refractivity contribution in [1.29, 1.82) is 0 Å². The van der Waals surface area contributed by atoms with Gasteiger partial charge in [0.2, 0.25) is 5.91 Å². The molecule has 2 aromatic carbocycles. The van der Waals surface area contributed by atoms with Crippen LogP contribution in [0.4, 0.5) is 10.1 Å². The van der Waals surface area contributed by atoms with Crippen LogP contribution < -0.4 is 5.32 Å². The zero-order valence-electron chi connectivity index (χ0n) is 14.0.